The van der Waals surface area contributed by atoms with Crippen LogP contribution < -0.4 is 5.32 Å². The summed E-state index contributed by atoms with van der Waals surface area (Å²) in [5.41, 5.74) is 1.06. The monoisotopic (exact) mass is 501 g/mol. The zero-order valence-corrected chi connectivity index (χ0v) is 20.7. The molecule has 0 saturated carbocycles. The molecule has 1 amide bonds. The highest BCUT2D eigenvalue weighted by molar-refractivity contribution is 5.85. The molecule has 0 aliphatic carbocycles. The Morgan fingerprint density at radius 2 is 1.53 bits per heavy atom. The first-order valence-corrected chi connectivity index (χ1v) is 11.6. The molecule has 1 saturated heterocycles. The molecule has 1 aliphatic heterocycles. The van der Waals surface area contributed by atoms with Crippen LogP contribution in [0, 0.1) is 0 Å². The maximum absolute atomic E-state index is 12.0. The fourth-order valence-corrected chi connectivity index (χ4v) is 4.23. The highest BCUT2D eigenvalue weighted by Gasteiger charge is 2.51. The number of ether oxygens (including phenoxy) is 5. The summed E-state index contributed by atoms with van der Waals surface area (Å²) in [5.74, 6) is -2.31. The smallest absolute Gasteiger partial charge is 0.303 e. The van der Waals surface area contributed by atoms with Gasteiger partial charge in [0.25, 0.3) is 0 Å². The van der Waals surface area contributed by atoms with Gasteiger partial charge in [0, 0.05) is 27.7 Å². The van der Waals surface area contributed by atoms with Crippen molar-refractivity contribution in [2.24, 2.45) is 0 Å². The van der Waals surface area contributed by atoms with Gasteiger partial charge in [0.05, 0.1) is 6.61 Å². The van der Waals surface area contributed by atoms with Crippen LogP contribution in [0.15, 0.2) is 42.5 Å². The quantitative estimate of drug-likeness (QED) is 0.406. The van der Waals surface area contributed by atoms with Gasteiger partial charge < -0.3 is 29.0 Å². The summed E-state index contributed by atoms with van der Waals surface area (Å²) in [7, 11) is 0. The van der Waals surface area contributed by atoms with Crippen molar-refractivity contribution in [3.63, 3.8) is 0 Å². The third kappa shape index (κ3) is 7.25. The molecule has 0 bridgehead atoms. The highest BCUT2D eigenvalue weighted by atomic mass is 16.7. The van der Waals surface area contributed by atoms with E-state index in [1.54, 1.807) is 0 Å². The largest absolute Gasteiger partial charge is 0.463 e. The van der Waals surface area contributed by atoms with Gasteiger partial charge in [-0.1, -0.05) is 42.5 Å². The summed E-state index contributed by atoms with van der Waals surface area (Å²) in [4.78, 5) is 47.2. The molecular formula is C26H31NO9. The number of nitrogens with one attached hydrogen (secondary N) is 1. The minimum absolute atomic E-state index is 0.208. The summed E-state index contributed by atoms with van der Waals surface area (Å²) in [6.45, 7) is 4.84. The van der Waals surface area contributed by atoms with Crippen LogP contribution in [0.25, 0.3) is 10.8 Å². The van der Waals surface area contributed by atoms with Gasteiger partial charge in [-0.15, -0.1) is 0 Å². The van der Waals surface area contributed by atoms with E-state index in [9.17, 15) is 19.2 Å². The van der Waals surface area contributed by atoms with Crippen LogP contribution in [-0.4, -0.2) is 67.7 Å². The van der Waals surface area contributed by atoms with Gasteiger partial charge in [0.2, 0.25) is 5.91 Å². The lowest BCUT2D eigenvalue weighted by Crippen LogP contribution is -2.66. The number of rotatable bonds is 9. The lowest BCUT2D eigenvalue weighted by Gasteiger charge is -2.44. The molecule has 1 N–H and O–H groups in total. The SMILES string of the molecule is CC(=O)NC1C(OCCc2cccc3ccccc23)OC(COC(C)=O)C(OC(C)=O)C1OC(C)=O. The third-order valence-corrected chi connectivity index (χ3v) is 5.60. The average Bonchev–Trinajstić information content (AvgIpc) is 2.80. The van der Waals surface area contributed by atoms with Crippen LogP contribution in [0.1, 0.15) is 33.3 Å². The fourth-order valence-electron chi connectivity index (χ4n) is 4.23. The van der Waals surface area contributed by atoms with Crippen molar-refractivity contribution in [2.45, 2.75) is 64.8 Å². The Hall–Kier alpha value is -3.50. The first kappa shape index (κ1) is 27.1. The van der Waals surface area contributed by atoms with Crippen LogP contribution in [0.2, 0.25) is 0 Å². The average molecular weight is 502 g/mol. The Balaban J connectivity index is 1.85. The summed E-state index contributed by atoms with van der Waals surface area (Å²) in [6.07, 6.45) is -3.85. The molecule has 1 fully saturated rings. The Bertz CT molecular complexity index is 1100. The van der Waals surface area contributed by atoms with E-state index in [2.05, 4.69) is 5.32 Å². The van der Waals surface area contributed by atoms with Crippen molar-refractivity contribution in [2.75, 3.05) is 13.2 Å². The van der Waals surface area contributed by atoms with Gasteiger partial charge in [-0.2, -0.15) is 0 Å². The summed E-state index contributed by atoms with van der Waals surface area (Å²) >= 11 is 0. The lowest BCUT2D eigenvalue weighted by atomic mass is 9.96. The Labute approximate surface area is 209 Å². The van der Waals surface area contributed by atoms with Crippen molar-refractivity contribution in [3.8, 4) is 0 Å². The normalized spacial score (nSPS) is 23.5. The van der Waals surface area contributed by atoms with Gasteiger partial charge in [0.1, 0.15) is 18.8 Å². The first-order chi connectivity index (χ1) is 17.2. The van der Waals surface area contributed by atoms with Gasteiger partial charge in [-0.3, -0.25) is 19.2 Å². The summed E-state index contributed by atoms with van der Waals surface area (Å²) in [6, 6.07) is 13.0. The van der Waals surface area contributed by atoms with Crippen molar-refractivity contribution in [1.82, 2.24) is 5.32 Å². The highest BCUT2D eigenvalue weighted by Crippen LogP contribution is 2.28. The van der Waals surface area contributed by atoms with E-state index in [0.29, 0.717) is 6.42 Å². The van der Waals surface area contributed by atoms with E-state index in [1.807, 2.05) is 42.5 Å². The second-order valence-corrected chi connectivity index (χ2v) is 8.48. The molecule has 5 unspecified atom stereocenters. The number of carbonyl (C=O) groups excluding carboxylic acids is 4. The topological polar surface area (TPSA) is 126 Å². The standard InChI is InChI=1S/C26H31NO9/c1-15(28)27-23-25(35-18(4)31)24(34-17(3)30)22(14-33-16(2)29)36-26(23)32-13-12-20-10-7-9-19-8-5-6-11-21(19)20/h5-11,22-26H,12-14H2,1-4H3,(H,27,28). The van der Waals surface area contributed by atoms with E-state index in [-0.39, 0.29) is 13.2 Å². The van der Waals surface area contributed by atoms with E-state index in [1.165, 1.54) is 27.7 Å². The molecule has 194 valence electrons. The number of hydrogen-bond donors (Lipinski definition) is 1. The zero-order chi connectivity index (χ0) is 26.2. The van der Waals surface area contributed by atoms with Crippen LogP contribution in [0.3, 0.4) is 0 Å². The predicted molar refractivity (Wildman–Crippen MR) is 128 cm³/mol. The van der Waals surface area contributed by atoms with E-state index < -0.39 is 54.5 Å². The Morgan fingerprint density at radius 3 is 2.19 bits per heavy atom. The maximum atomic E-state index is 12.0. The van der Waals surface area contributed by atoms with Crippen LogP contribution in [-0.2, 0) is 49.3 Å². The molecular weight excluding hydrogens is 470 g/mol. The Morgan fingerprint density at radius 1 is 0.861 bits per heavy atom. The third-order valence-electron chi connectivity index (χ3n) is 5.60. The molecule has 2 aromatic rings. The number of carbonyl (C=O) groups is 4. The summed E-state index contributed by atoms with van der Waals surface area (Å²) < 4.78 is 28.0. The van der Waals surface area contributed by atoms with Crippen molar-refractivity contribution >= 4 is 34.6 Å². The molecule has 3 rings (SSSR count). The molecule has 0 radical (unpaired) electrons. The second-order valence-electron chi connectivity index (χ2n) is 8.48. The minimum Gasteiger partial charge on any atom is -0.463 e. The van der Waals surface area contributed by atoms with Crippen molar-refractivity contribution < 1.29 is 42.9 Å². The maximum Gasteiger partial charge on any atom is 0.303 e. The summed E-state index contributed by atoms with van der Waals surface area (Å²) in [5, 5.41) is 4.88. The van der Waals surface area contributed by atoms with Gasteiger partial charge in [-0.25, -0.2) is 0 Å². The minimum atomic E-state index is -1.15. The Kier molecular flexibility index (Phi) is 9.38. The number of fused-ring (bicyclic) bond motifs is 1. The van der Waals surface area contributed by atoms with Gasteiger partial charge in [0.15, 0.2) is 18.5 Å². The van der Waals surface area contributed by atoms with E-state index in [0.717, 1.165) is 16.3 Å². The van der Waals surface area contributed by atoms with Crippen LogP contribution >= 0.6 is 0 Å². The fraction of sp³-hybridized carbons (Fsp3) is 0.462. The van der Waals surface area contributed by atoms with E-state index in [4.69, 9.17) is 23.7 Å². The molecule has 36 heavy (non-hydrogen) atoms. The number of hydrogen-bond acceptors (Lipinski definition) is 9. The van der Waals surface area contributed by atoms with E-state index >= 15 is 0 Å². The van der Waals surface area contributed by atoms with Gasteiger partial charge >= 0.3 is 17.9 Å². The van der Waals surface area contributed by atoms with Crippen molar-refractivity contribution in [3.05, 3.63) is 48.0 Å². The first-order valence-electron chi connectivity index (χ1n) is 11.6. The molecule has 2 aromatic carbocycles. The molecule has 10 heteroatoms. The number of esters is 3. The lowest BCUT2D eigenvalue weighted by molar-refractivity contribution is -0.277. The second kappa shape index (κ2) is 12.5. The molecule has 5 atom stereocenters. The molecule has 10 nitrogen and oxygen atoms in total. The molecule has 1 aliphatic rings. The van der Waals surface area contributed by atoms with Gasteiger partial charge in [-0.05, 0) is 22.8 Å². The molecule has 1 heterocycles. The predicted octanol–water partition coefficient (Wildman–Crippen LogP) is 2.05. The number of benzene rings is 2. The molecule has 0 aromatic heterocycles. The number of amides is 1. The molecule has 0 spiro atoms. The van der Waals surface area contributed by atoms with Crippen LogP contribution in [0.4, 0.5) is 0 Å². The van der Waals surface area contributed by atoms with Crippen LogP contribution in [0.5, 0.6) is 0 Å². The van der Waals surface area contributed by atoms with Crippen molar-refractivity contribution in [1.29, 1.82) is 0 Å². The zero-order valence-electron chi connectivity index (χ0n) is 20.7.